The molecule has 2 aromatic carbocycles. The van der Waals surface area contributed by atoms with Crippen molar-refractivity contribution in [3.63, 3.8) is 0 Å². The number of aliphatic carboxylic acids is 1. The highest BCUT2D eigenvalue weighted by Crippen LogP contribution is 2.31. The van der Waals surface area contributed by atoms with Crippen LogP contribution in [0.1, 0.15) is 31.9 Å². The Bertz CT molecular complexity index is 1440. The van der Waals surface area contributed by atoms with E-state index in [1.165, 1.54) is 3.97 Å². The lowest BCUT2D eigenvalue weighted by molar-refractivity contribution is -0.139. The standard InChI is InChI=1S/C27H33N3O7S/c1-18-9-11-20(12-10-18)38(34,35)30-15-19(21-7-5-6-8-22(21)30)13-23(29-25(33)37-26(2,3)4)27(16-36-17-27)28-14-24(31)32/h5-12,15,23,28H,13-14,16-17H2,1-4H3,(H,29,33)(H,31,32)/t23-/m0/s1. The number of fused-ring (bicyclic) bond motifs is 1. The van der Waals surface area contributed by atoms with Crippen molar-refractivity contribution >= 4 is 33.0 Å². The highest BCUT2D eigenvalue weighted by molar-refractivity contribution is 7.90. The molecule has 0 aliphatic carbocycles. The highest BCUT2D eigenvalue weighted by Gasteiger charge is 2.47. The second kappa shape index (κ2) is 10.4. The lowest BCUT2D eigenvalue weighted by Gasteiger charge is -2.47. The Kier molecular flexibility index (Phi) is 7.55. The van der Waals surface area contributed by atoms with Gasteiger partial charge in [0.05, 0.1) is 41.8 Å². The number of carbonyl (C=O) groups is 2. The number of amides is 1. The molecule has 1 aliphatic rings. The average Bonchev–Trinajstić information content (AvgIpc) is 3.16. The number of nitrogens with one attached hydrogen (secondary N) is 2. The third-order valence-corrected chi connectivity index (χ3v) is 8.12. The van der Waals surface area contributed by atoms with E-state index in [0.717, 1.165) is 5.56 Å². The molecule has 3 N–H and O–H groups in total. The van der Waals surface area contributed by atoms with Crippen molar-refractivity contribution in [2.24, 2.45) is 0 Å². The maximum Gasteiger partial charge on any atom is 0.407 e. The number of ether oxygens (including phenoxy) is 2. The average molecular weight is 544 g/mol. The normalized spacial score (nSPS) is 16.0. The van der Waals surface area contributed by atoms with Crippen LogP contribution in [0.3, 0.4) is 0 Å². The molecule has 1 fully saturated rings. The fourth-order valence-electron chi connectivity index (χ4n) is 4.46. The Hall–Kier alpha value is -3.41. The molecule has 1 amide bonds. The number of hydrogen-bond donors (Lipinski definition) is 3. The summed E-state index contributed by atoms with van der Waals surface area (Å²) in [6.07, 6.45) is 1.10. The number of nitrogens with zero attached hydrogens (tertiary/aromatic N) is 1. The fraction of sp³-hybridized carbons (Fsp3) is 0.407. The summed E-state index contributed by atoms with van der Waals surface area (Å²) in [5.74, 6) is -1.05. The molecule has 0 unspecified atom stereocenters. The molecule has 1 saturated heterocycles. The van der Waals surface area contributed by atoms with Crippen molar-refractivity contribution < 1.29 is 32.6 Å². The Balaban J connectivity index is 1.75. The molecule has 0 spiro atoms. The van der Waals surface area contributed by atoms with Gasteiger partial charge in [-0.2, -0.15) is 0 Å². The zero-order chi connectivity index (χ0) is 27.7. The molecular formula is C27H33N3O7S. The van der Waals surface area contributed by atoms with Crippen molar-refractivity contribution in [3.05, 3.63) is 65.9 Å². The van der Waals surface area contributed by atoms with Crippen molar-refractivity contribution in [3.8, 4) is 0 Å². The Morgan fingerprint density at radius 3 is 2.37 bits per heavy atom. The van der Waals surface area contributed by atoms with Gasteiger partial charge in [-0.25, -0.2) is 17.2 Å². The highest BCUT2D eigenvalue weighted by atomic mass is 32.2. The van der Waals surface area contributed by atoms with E-state index in [1.807, 2.05) is 19.1 Å². The summed E-state index contributed by atoms with van der Waals surface area (Å²) in [6, 6.07) is 13.1. The molecule has 204 valence electrons. The quantitative estimate of drug-likeness (QED) is 0.375. The number of aryl methyl sites for hydroxylation is 1. The van der Waals surface area contributed by atoms with E-state index in [9.17, 15) is 23.1 Å². The van der Waals surface area contributed by atoms with Crippen LogP contribution in [-0.2, 0) is 30.7 Å². The van der Waals surface area contributed by atoms with Gasteiger partial charge in [0.25, 0.3) is 10.0 Å². The summed E-state index contributed by atoms with van der Waals surface area (Å²) in [4.78, 5) is 24.3. The van der Waals surface area contributed by atoms with Crippen molar-refractivity contribution in [2.45, 2.75) is 56.2 Å². The monoisotopic (exact) mass is 543 g/mol. The van der Waals surface area contributed by atoms with Crippen LogP contribution in [0.2, 0.25) is 0 Å². The van der Waals surface area contributed by atoms with E-state index in [4.69, 9.17) is 9.47 Å². The molecule has 1 aliphatic heterocycles. The summed E-state index contributed by atoms with van der Waals surface area (Å²) in [6.45, 7) is 7.12. The molecule has 0 saturated carbocycles. The van der Waals surface area contributed by atoms with Gasteiger partial charge >= 0.3 is 12.1 Å². The van der Waals surface area contributed by atoms with Gasteiger partial charge in [-0.05, 0) is 57.9 Å². The van der Waals surface area contributed by atoms with Crippen LogP contribution in [-0.4, -0.2) is 66.5 Å². The predicted octanol–water partition coefficient (Wildman–Crippen LogP) is 3.07. The number of carbonyl (C=O) groups excluding carboxylic acids is 1. The first kappa shape index (κ1) is 27.6. The number of hydrogen-bond acceptors (Lipinski definition) is 7. The molecule has 10 nitrogen and oxygen atoms in total. The van der Waals surface area contributed by atoms with Gasteiger partial charge in [0.2, 0.25) is 0 Å². The second-order valence-electron chi connectivity index (χ2n) is 10.6. The van der Waals surface area contributed by atoms with Crippen molar-refractivity contribution in [1.29, 1.82) is 0 Å². The molecule has 11 heteroatoms. The predicted molar refractivity (Wildman–Crippen MR) is 142 cm³/mol. The summed E-state index contributed by atoms with van der Waals surface area (Å²) < 4.78 is 39.4. The number of carboxylic acids is 1. The first-order valence-corrected chi connectivity index (χ1v) is 13.7. The number of para-hydroxylation sites is 1. The fourth-order valence-corrected chi connectivity index (χ4v) is 5.85. The lowest BCUT2D eigenvalue weighted by atomic mass is 9.83. The van der Waals surface area contributed by atoms with E-state index in [0.29, 0.717) is 16.5 Å². The molecule has 3 aromatic rings. The van der Waals surface area contributed by atoms with E-state index in [-0.39, 0.29) is 31.1 Å². The van der Waals surface area contributed by atoms with Crippen LogP contribution in [0, 0.1) is 6.92 Å². The smallest absolute Gasteiger partial charge is 0.407 e. The van der Waals surface area contributed by atoms with Crippen LogP contribution < -0.4 is 10.6 Å². The summed E-state index contributed by atoms with van der Waals surface area (Å²) in [5.41, 5.74) is 0.482. The summed E-state index contributed by atoms with van der Waals surface area (Å²) in [7, 11) is -3.91. The number of alkyl carbamates (subject to hydrolysis) is 1. The number of benzene rings is 2. The molecule has 2 heterocycles. The number of aromatic nitrogens is 1. The second-order valence-corrected chi connectivity index (χ2v) is 12.4. The molecule has 4 rings (SSSR count). The van der Waals surface area contributed by atoms with Crippen molar-refractivity contribution in [1.82, 2.24) is 14.6 Å². The number of rotatable bonds is 9. The van der Waals surface area contributed by atoms with Crippen LogP contribution in [0.15, 0.2) is 59.6 Å². The number of carboxylic acid groups (broad SMARTS) is 1. The third kappa shape index (κ3) is 5.85. The molecule has 0 bridgehead atoms. The van der Waals surface area contributed by atoms with E-state index in [2.05, 4.69) is 10.6 Å². The van der Waals surface area contributed by atoms with Crippen LogP contribution in [0.25, 0.3) is 10.9 Å². The van der Waals surface area contributed by atoms with Gasteiger partial charge < -0.3 is 19.9 Å². The third-order valence-electron chi connectivity index (χ3n) is 6.43. The Morgan fingerprint density at radius 2 is 1.79 bits per heavy atom. The van der Waals surface area contributed by atoms with E-state index in [1.54, 1.807) is 63.4 Å². The SMILES string of the molecule is Cc1ccc(S(=O)(=O)n2cc(C[C@H](NC(=O)OC(C)(C)C)C3(NCC(=O)O)COC3)c3ccccc32)cc1. The van der Waals surface area contributed by atoms with E-state index < -0.39 is 39.3 Å². The Labute approximate surface area is 222 Å². The van der Waals surface area contributed by atoms with Gasteiger partial charge in [0.1, 0.15) is 5.60 Å². The minimum absolute atomic E-state index is 0.158. The molecule has 38 heavy (non-hydrogen) atoms. The first-order chi connectivity index (χ1) is 17.8. The zero-order valence-electron chi connectivity index (χ0n) is 21.9. The topological polar surface area (TPSA) is 136 Å². The molecule has 1 atom stereocenters. The maximum absolute atomic E-state index is 13.6. The van der Waals surface area contributed by atoms with Crippen molar-refractivity contribution in [2.75, 3.05) is 19.8 Å². The summed E-state index contributed by atoms with van der Waals surface area (Å²) >= 11 is 0. The summed E-state index contributed by atoms with van der Waals surface area (Å²) in [5, 5.41) is 15.9. The van der Waals surface area contributed by atoms with Gasteiger partial charge in [-0.1, -0.05) is 35.9 Å². The molecule has 0 radical (unpaired) electrons. The van der Waals surface area contributed by atoms with Gasteiger partial charge in [-0.15, -0.1) is 0 Å². The van der Waals surface area contributed by atoms with Crippen LogP contribution in [0.5, 0.6) is 0 Å². The lowest BCUT2D eigenvalue weighted by Crippen LogP contribution is -2.72. The van der Waals surface area contributed by atoms with Gasteiger partial charge in [0.15, 0.2) is 0 Å². The minimum atomic E-state index is -3.91. The van der Waals surface area contributed by atoms with Crippen LogP contribution >= 0.6 is 0 Å². The largest absolute Gasteiger partial charge is 0.480 e. The Morgan fingerprint density at radius 1 is 1.13 bits per heavy atom. The minimum Gasteiger partial charge on any atom is -0.480 e. The molecular weight excluding hydrogens is 510 g/mol. The van der Waals surface area contributed by atoms with Crippen LogP contribution in [0.4, 0.5) is 4.79 Å². The van der Waals surface area contributed by atoms with Gasteiger partial charge in [-0.3, -0.25) is 10.1 Å². The zero-order valence-corrected chi connectivity index (χ0v) is 22.7. The van der Waals surface area contributed by atoms with Gasteiger partial charge in [0, 0.05) is 11.6 Å². The van der Waals surface area contributed by atoms with E-state index >= 15 is 0 Å². The molecule has 1 aromatic heterocycles. The maximum atomic E-state index is 13.6. The first-order valence-electron chi connectivity index (χ1n) is 12.3.